The number of nitrogens with zero attached hydrogens (tertiary/aromatic N) is 4. The van der Waals surface area contributed by atoms with E-state index in [4.69, 9.17) is 4.74 Å². The van der Waals surface area contributed by atoms with Crippen LogP contribution in [0, 0.1) is 0 Å². The second-order valence-electron chi connectivity index (χ2n) is 6.99. The number of anilines is 1. The van der Waals surface area contributed by atoms with Crippen LogP contribution in [-0.4, -0.2) is 61.2 Å². The first kappa shape index (κ1) is 18.6. The van der Waals surface area contributed by atoms with Crippen LogP contribution in [0.25, 0.3) is 0 Å². The van der Waals surface area contributed by atoms with Crippen LogP contribution in [0.4, 0.5) is 5.95 Å². The summed E-state index contributed by atoms with van der Waals surface area (Å²) in [5.41, 5.74) is 1.29. The summed E-state index contributed by atoms with van der Waals surface area (Å²) in [6.07, 6.45) is 5.84. The molecule has 6 nitrogen and oxygen atoms in total. The Bertz CT molecular complexity index is 639. The minimum atomic E-state index is 0.547. The summed E-state index contributed by atoms with van der Waals surface area (Å²) in [5.74, 6) is 1.78. The van der Waals surface area contributed by atoms with Crippen molar-refractivity contribution in [2.24, 2.45) is 0 Å². The third-order valence-electron chi connectivity index (χ3n) is 4.66. The van der Waals surface area contributed by atoms with E-state index in [9.17, 15) is 0 Å². The normalized spacial score (nSPS) is 15.4. The van der Waals surface area contributed by atoms with Crippen molar-refractivity contribution in [2.75, 3.05) is 45.2 Å². The molecule has 0 unspecified atom stereocenters. The Balaban J connectivity index is 1.38. The largest absolute Gasteiger partial charge is 0.492 e. The number of aromatic nitrogens is 2. The molecule has 0 spiro atoms. The molecule has 1 saturated heterocycles. The molecule has 0 atom stereocenters. The topological polar surface area (TPSA) is 53.5 Å². The molecular formula is C20H29N5O. The lowest BCUT2D eigenvalue weighted by Gasteiger charge is -2.32. The van der Waals surface area contributed by atoms with Gasteiger partial charge in [0.1, 0.15) is 12.4 Å². The van der Waals surface area contributed by atoms with Gasteiger partial charge in [0.2, 0.25) is 5.95 Å². The lowest BCUT2D eigenvalue weighted by Crippen LogP contribution is -2.42. The zero-order valence-corrected chi connectivity index (χ0v) is 15.8. The maximum atomic E-state index is 5.74. The van der Waals surface area contributed by atoms with Crippen LogP contribution in [0.3, 0.4) is 0 Å². The van der Waals surface area contributed by atoms with E-state index in [1.807, 2.05) is 6.07 Å². The van der Waals surface area contributed by atoms with Gasteiger partial charge in [-0.05, 0) is 50.7 Å². The predicted molar refractivity (Wildman–Crippen MR) is 105 cm³/mol. The van der Waals surface area contributed by atoms with E-state index in [1.54, 1.807) is 12.4 Å². The highest BCUT2D eigenvalue weighted by Crippen LogP contribution is 2.16. The molecule has 140 valence electrons. The van der Waals surface area contributed by atoms with Gasteiger partial charge in [-0.3, -0.25) is 0 Å². The van der Waals surface area contributed by atoms with E-state index in [-0.39, 0.29) is 0 Å². The fourth-order valence-electron chi connectivity index (χ4n) is 3.05. The molecule has 0 bridgehead atoms. The van der Waals surface area contributed by atoms with Gasteiger partial charge in [0, 0.05) is 44.6 Å². The quantitative estimate of drug-likeness (QED) is 0.783. The Kier molecular flexibility index (Phi) is 6.80. The van der Waals surface area contributed by atoms with Gasteiger partial charge < -0.3 is 19.9 Å². The fourth-order valence-corrected chi connectivity index (χ4v) is 3.05. The highest BCUT2D eigenvalue weighted by atomic mass is 16.5. The maximum absolute atomic E-state index is 5.74. The first-order valence-electron chi connectivity index (χ1n) is 9.32. The van der Waals surface area contributed by atoms with Gasteiger partial charge in [-0.15, -0.1) is 0 Å². The number of hydrogen-bond donors (Lipinski definition) is 1. The number of hydrogen-bond acceptors (Lipinski definition) is 6. The average Bonchev–Trinajstić information content (AvgIpc) is 2.68. The third kappa shape index (κ3) is 5.68. The van der Waals surface area contributed by atoms with Crippen molar-refractivity contribution in [2.45, 2.75) is 25.4 Å². The summed E-state index contributed by atoms with van der Waals surface area (Å²) in [5, 5.41) is 3.67. The number of nitrogens with one attached hydrogen (secondary N) is 1. The second-order valence-corrected chi connectivity index (χ2v) is 6.99. The van der Waals surface area contributed by atoms with Crippen molar-refractivity contribution >= 4 is 5.95 Å². The van der Waals surface area contributed by atoms with Crippen molar-refractivity contribution in [3.63, 3.8) is 0 Å². The zero-order chi connectivity index (χ0) is 18.2. The lowest BCUT2D eigenvalue weighted by molar-refractivity contribution is 0.261. The summed E-state index contributed by atoms with van der Waals surface area (Å²) >= 11 is 0. The number of likely N-dealkylation sites (N-methyl/N-ethyl adjacent to an activating group) is 1. The summed E-state index contributed by atoms with van der Waals surface area (Å²) in [6.45, 7) is 4.54. The molecule has 2 aromatic rings. The van der Waals surface area contributed by atoms with E-state index in [1.165, 1.54) is 5.56 Å². The second kappa shape index (κ2) is 9.50. The number of benzene rings is 1. The van der Waals surface area contributed by atoms with Crippen LogP contribution >= 0.6 is 0 Å². The van der Waals surface area contributed by atoms with E-state index < -0.39 is 0 Å². The van der Waals surface area contributed by atoms with Crippen LogP contribution in [-0.2, 0) is 6.54 Å². The fraction of sp³-hybridized carbons (Fsp3) is 0.500. The smallest absolute Gasteiger partial charge is 0.225 e. The van der Waals surface area contributed by atoms with Crippen LogP contribution in [0.5, 0.6) is 5.75 Å². The van der Waals surface area contributed by atoms with E-state index in [0.717, 1.165) is 50.7 Å². The molecule has 26 heavy (non-hydrogen) atoms. The standard InChI is InChI=1S/C20H29N5O/c1-24(2)14-15-26-19-6-4-17(5-7-19)16-23-18-8-12-25(13-9-18)20-21-10-3-11-22-20/h3-7,10-11,18,23H,8-9,12-16H2,1-2H3. The molecule has 2 heterocycles. The molecule has 0 aliphatic carbocycles. The van der Waals surface area contributed by atoms with Gasteiger partial charge in [-0.25, -0.2) is 9.97 Å². The molecule has 1 aromatic carbocycles. The number of ether oxygens (including phenoxy) is 1. The van der Waals surface area contributed by atoms with Crippen LogP contribution < -0.4 is 15.0 Å². The molecule has 1 aromatic heterocycles. The molecule has 3 rings (SSSR count). The summed E-state index contributed by atoms with van der Waals surface area (Å²) < 4.78 is 5.74. The summed E-state index contributed by atoms with van der Waals surface area (Å²) in [6, 6.07) is 10.8. The molecule has 6 heteroatoms. The van der Waals surface area contributed by atoms with Gasteiger partial charge in [0.15, 0.2) is 0 Å². The molecule has 0 saturated carbocycles. The third-order valence-corrected chi connectivity index (χ3v) is 4.66. The van der Waals surface area contributed by atoms with E-state index in [2.05, 4.69) is 63.4 Å². The number of rotatable bonds is 8. The minimum Gasteiger partial charge on any atom is -0.492 e. The van der Waals surface area contributed by atoms with E-state index in [0.29, 0.717) is 12.6 Å². The van der Waals surface area contributed by atoms with Crippen molar-refractivity contribution in [3.05, 3.63) is 48.3 Å². The van der Waals surface area contributed by atoms with Gasteiger partial charge in [0.25, 0.3) is 0 Å². The maximum Gasteiger partial charge on any atom is 0.225 e. The number of piperidine rings is 1. The van der Waals surface area contributed by atoms with Crippen LogP contribution in [0.2, 0.25) is 0 Å². The Hall–Kier alpha value is -2.18. The molecule has 0 radical (unpaired) electrons. The highest BCUT2D eigenvalue weighted by Gasteiger charge is 2.20. The Morgan fingerprint density at radius 1 is 1.12 bits per heavy atom. The van der Waals surface area contributed by atoms with Crippen LogP contribution in [0.1, 0.15) is 18.4 Å². The molecule has 1 aliphatic rings. The minimum absolute atomic E-state index is 0.547. The zero-order valence-electron chi connectivity index (χ0n) is 15.8. The Labute approximate surface area is 156 Å². The molecule has 1 fully saturated rings. The Morgan fingerprint density at radius 3 is 2.46 bits per heavy atom. The molecule has 0 amide bonds. The van der Waals surface area contributed by atoms with Gasteiger partial charge in [-0.1, -0.05) is 12.1 Å². The highest BCUT2D eigenvalue weighted by molar-refractivity contribution is 5.29. The van der Waals surface area contributed by atoms with Crippen molar-refractivity contribution in [3.8, 4) is 5.75 Å². The van der Waals surface area contributed by atoms with Crippen molar-refractivity contribution < 1.29 is 4.74 Å². The van der Waals surface area contributed by atoms with Gasteiger partial charge in [0.05, 0.1) is 0 Å². The molecule has 1 N–H and O–H groups in total. The van der Waals surface area contributed by atoms with E-state index >= 15 is 0 Å². The Morgan fingerprint density at radius 2 is 1.81 bits per heavy atom. The molecular weight excluding hydrogens is 326 g/mol. The molecule has 1 aliphatic heterocycles. The van der Waals surface area contributed by atoms with Crippen molar-refractivity contribution in [1.82, 2.24) is 20.2 Å². The van der Waals surface area contributed by atoms with Gasteiger partial charge in [-0.2, -0.15) is 0 Å². The average molecular weight is 355 g/mol. The first-order valence-corrected chi connectivity index (χ1v) is 9.32. The summed E-state index contributed by atoms with van der Waals surface area (Å²) in [4.78, 5) is 13.1. The lowest BCUT2D eigenvalue weighted by atomic mass is 10.0. The van der Waals surface area contributed by atoms with Gasteiger partial charge >= 0.3 is 0 Å². The monoisotopic (exact) mass is 355 g/mol. The van der Waals surface area contributed by atoms with Crippen LogP contribution in [0.15, 0.2) is 42.7 Å². The predicted octanol–water partition coefficient (Wildman–Crippen LogP) is 2.18. The first-order chi connectivity index (χ1) is 12.7. The summed E-state index contributed by atoms with van der Waals surface area (Å²) in [7, 11) is 4.10. The SMILES string of the molecule is CN(C)CCOc1ccc(CNC2CCN(c3ncccn3)CC2)cc1. The van der Waals surface area contributed by atoms with Crippen molar-refractivity contribution in [1.29, 1.82) is 0 Å².